The van der Waals surface area contributed by atoms with E-state index in [0.717, 1.165) is 27.8 Å². The Morgan fingerprint density at radius 2 is 1.57 bits per heavy atom. The van der Waals surface area contributed by atoms with Gasteiger partial charge in [-0.05, 0) is 34.7 Å². The van der Waals surface area contributed by atoms with Gasteiger partial charge in [0.25, 0.3) is 0 Å². The van der Waals surface area contributed by atoms with Crippen LogP contribution in [0.2, 0.25) is 0 Å². The van der Waals surface area contributed by atoms with Gasteiger partial charge in [0.05, 0.1) is 18.2 Å². The number of hydrogen-bond acceptors (Lipinski definition) is 7. The number of aliphatic carboxylic acids is 1. The van der Waals surface area contributed by atoms with Crippen molar-refractivity contribution in [1.29, 1.82) is 0 Å². The molecular weight excluding hydrogens is 554 g/mol. The van der Waals surface area contributed by atoms with Gasteiger partial charge in [0.1, 0.15) is 18.7 Å². The van der Waals surface area contributed by atoms with Gasteiger partial charge in [-0.1, -0.05) is 78.9 Å². The summed E-state index contributed by atoms with van der Waals surface area (Å²) >= 11 is 1.30. The molecule has 216 valence electrons. The van der Waals surface area contributed by atoms with Crippen LogP contribution >= 0.6 is 11.3 Å². The van der Waals surface area contributed by atoms with Crippen molar-refractivity contribution >= 4 is 29.3 Å². The molecule has 1 heterocycles. The van der Waals surface area contributed by atoms with Gasteiger partial charge >= 0.3 is 12.1 Å². The SMILES string of the molecule is CC(OCc1ccccc1)C(NC(=O)OCC1c2ccccc2-c2ccccc21)C(=O)NC(Cc1cncs1)C(=O)O. The van der Waals surface area contributed by atoms with Crippen molar-refractivity contribution in [2.45, 2.75) is 44.1 Å². The van der Waals surface area contributed by atoms with Crippen molar-refractivity contribution in [3.63, 3.8) is 0 Å². The molecule has 0 spiro atoms. The van der Waals surface area contributed by atoms with E-state index in [2.05, 4.69) is 15.6 Å². The monoisotopic (exact) mass is 585 g/mol. The largest absolute Gasteiger partial charge is 0.480 e. The van der Waals surface area contributed by atoms with Crippen molar-refractivity contribution in [2.24, 2.45) is 0 Å². The zero-order chi connectivity index (χ0) is 29.5. The zero-order valence-electron chi connectivity index (χ0n) is 22.9. The van der Waals surface area contributed by atoms with E-state index in [1.54, 1.807) is 18.6 Å². The number of ether oxygens (including phenoxy) is 2. The second kappa shape index (κ2) is 13.4. The standard InChI is InChI=1S/C32H31N3O6S/c1-20(40-17-21-9-3-2-4-10-21)29(30(36)34-28(31(37)38)15-22-16-33-19-42-22)35-32(39)41-18-27-25-13-7-5-11-23(25)24-12-6-8-14-26(24)27/h2-14,16,19-20,27-29H,15,17-18H2,1H3,(H,34,36)(H,35,39)(H,37,38). The molecule has 5 rings (SSSR count). The van der Waals surface area contributed by atoms with Crippen molar-refractivity contribution in [3.8, 4) is 11.1 Å². The van der Waals surface area contributed by atoms with Crippen LogP contribution in [0, 0.1) is 0 Å². The van der Waals surface area contributed by atoms with Crippen molar-refractivity contribution in [2.75, 3.05) is 6.61 Å². The quantitative estimate of drug-likeness (QED) is 0.219. The summed E-state index contributed by atoms with van der Waals surface area (Å²) in [5.74, 6) is -2.05. The summed E-state index contributed by atoms with van der Waals surface area (Å²) in [5.41, 5.74) is 6.81. The second-order valence-corrected chi connectivity index (χ2v) is 11.0. The van der Waals surface area contributed by atoms with E-state index in [1.807, 2.05) is 78.9 Å². The lowest BCUT2D eigenvalue weighted by molar-refractivity contribution is -0.142. The number of amides is 2. The van der Waals surface area contributed by atoms with Crippen LogP contribution in [0.4, 0.5) is 4.79 Å². The summed E-state index contributed by atoms with van der Waals surface area (Å²) in [5, 5.41) is 14.9. The topological polar surface area (TPSA) is 127 Å². The van der Waals surface area contributed by atoms with Gasteiger partial charge in [-0.2, -0.15) is 0 Å². The Bertz CT molecular complexity index is 1480. The Balaban J connectivity index is 1.28. The molecule has 1 aliphatic rings. The summed E-state index contributed by atoms with van der Waals surface area (Å²) < 4.78 is 11.6. The molecule has 9 nitrogen and oxygen atoms in total. The number of carboxylic acid groups (broad SMARTS) is 1. The normalized spacial score (nSPS) is 14.2. The molecule has 3 atom stereocenters. The summed E-state index contributed by atoms with van der Waals surface area (Å²) in [4.78, 5) is 43.2. The summed E-state index contributed by atoms with van der Waals surface area (Å²) in [6.45, 7) is 1.91. The van der Waals surface area contributed by atoms with E-state index in [1.165, 1.54) is 11.3 Å². The molecule has 4 aromatic rings. The molecule has 3 unspecified atom stereocenters. The van der Waals surface area contributed by atoms with E-state index < -0.39 is 36.2 Å². The van der Waals surface area contributed by atoms with Crippen LogP contribution in [0.1, 0.15) is 34.4 Å². The summed E-state index contributed by atoms with van der Waals surface area (Å²) in [7, 11) is 0. The maximum absolute atomic E-state index is 13.4. The first-order chi connectivity index (χ1) is 20.4. The zero-order valence-corrected chi connectivity index (χ0v) is 23.8. The number of nitrogens with zero attached hydrogens (tertiary/aromatic N) is 1. The predicted octanol–water partition coefficient (Wildman–Crippen LogP) is 4.77. The Hall–Kier alpha value is -4.54. The highest BCUT2D eigenvalue weighted by Gasteiger charge is 2.33. The second-order valence-electron chi connectivity index (χ2n) is 10.0. The molecular formula is C32H31N3O6S. The molecule has 0 bridgehead atoms. The molecule has 0 saturated heterocycles. The van der Waals surface area contributed by atoms with Gasteiger partial charge in [-0.15, -0.1) is 11.3 Å². The van der Waals surface area contributed by atoms with E-state index in [4.69, 9.17) is 9.47 Å². The lowest BCUT2D eigenvalue weighted by atomic mass is 9.98. The van der Waals surface area contributed by atoms with E-state index >= 15 is 0 Å². The minimum Gasteiger partial charge on any atom is -0.480 e. The first kappa shape index (κ1) is 29.0. The first-order valence-corrected chi connectivity index (χ1v) is 14.5. The molecule has 42 heavy (non-hydrogen) atoms. The van der Waals surface area contributed by atoms with Gasteiger partial charge in [0.2, 0.25) is 5.91 Å². The fourth-order valence-corrected chi connectivity index (χ4v) is 5.71. The number of aromatic nitrogens is 1. The van der Waals surface area contributed by atoms with Crippen LogP contribution in [0.3, 0.4) is 0 Å². The molecule has 1 aromatic heterocycles. The minimum absolute atomic E-state index is 0.0582. The number of hydrogen-bond donors (Lipinski definition) is 3. The van der Waals surface area contributed by atoms with E-state index in [-0.39, 0.29) is 25.6 Å². The lowest BCUT2D eigenvalue weighted by Crippen LogP contribution is -2.56. The molecule has 0 radical (unpaired) electrons. The summed E-state index contributed by atoms with van der Waals surface area (Å²) in [6.07, 6.45) is 0.0120. The number of nitrogens with one attached hydrogen (secondary N) is 2. The smallest absolute Gasteiger partial charge is 0.407 e. The third kappa shape index (κ3) is 6.84. The summed E-state index contributed by atoms with van der Waals surface area (Å²) in [6, 6.07) is 23.0. The fraction of sp³-hybridized carbons (Fsp3) is 0.250. The molecule has 10 heteroatoms. The molecule has 0 saturated carbocycles. The number of carboxylic acids is 1. The number of benzene rings is 3. The molecule has 3 aromatic carbocycles. The average Bonchev–Trinajstić information content (AvgIpc) is 3.63. The maximum Gasteiger partial charge on any atom is 0.407 e. The molecule has 2 amide bonds. The van der Waals surface area contributed by atoms with E-state index in [9.17, 15) is 19.5 Å². The van der Waals surface area contributed by atoms with Crippen LogP contribution in [-0.4, -0.2) is 52.9 Å². The first-order valence-electron chi connectivity index (χ1n) is 13.6. The van der Waals surface area contributed by atoms with Gasteiger partial charge in [-0.3, -0.25) is 9.78 Å². The molecule has 0 aliphatic heterocycles. The number of carbonyl (C=O) groups excluding carboxylic acids is 2. The van der Waals surface area contributed by atoms with Crippen LogP contribution in [0.5, 0.6) is 0 Å². The average molecular weight is 586 g/mol. The van der Waals surface area contributed by atoms with Crippen molar-refractivity contribution in [1.82, 2.24) is 15.6 Å². The predicted molar refractivity (Wildman–Crippen MR) is 158 cm³/mol. The van der Waals surface area contributed by atoms with Gasteiger partial charge in [-0.25, -0.2) is 9.59 Å². The molecule has 0 fully saturated rings. The van der Waals surface area contributed by atoms with E-state index in [0.29, 0.717) is 4.88 Å². The highest BCUT2D eigenvalue weighted by molar-refractivity contribution is 7.09. The number of rotatable bonds is 12. The Morgan fingerprint density at radius 1 is 0.929 bits per heavy atom. The van der Waals surface area contributed by atoms with Crippen molar-refractivity contribution < 1.29 is 29.0 Å². The third-order valence-electron chi connectivity index (χ3n) is 7.23. The third-order valence-corrected chi connectivity index (χ3v) is 8.03. The minimum atomic E-state index is -1.22. The molecule has 3 N–H and O–H groups in total. The molecule has 1 aliphatic carbocycles. The van der Waals surface area contributed by atoms with Gasteiger partial charge < -0.3 is 25.2 Å². The van der Waals surface area contributed by atoms with Crippen LogP contribution in [0.15, 0.2) is 90.6 Å². The highest BCUT2D eigenvalue weighted by Crippen LogP contribution is 2.44. The maximum atomic E-state index is 13.4. The lowest BCUT2D eigenvalue weighted by Gasteiger charge is -2.26. The highest BCUT2D eigenvalue weighted by atomic mass is 32.1. The van der Waals surface area contributed by atoms with Crippen LogP contribution in [-0.2, 0) is 32.1 Å². The Labute approximate surface area is 247 Å². The Kier molecular flexibility index (Phi) is 9.25. The number of fused-ring (bicyclic) bond motifs is 3. The van der Waals surface area contributed by atoms with Gasteiger partial charge in [0, 0.05) is 23.4 Å². The number of carbonyl (C=O) groups is 3. The van der Waals surface area contributed by atoms with Crippen molar-refractivity contribution in [3.05, 3.63) is 112 Å². The van der Waals surface area contributed by atoms with Crippen LogP contribution in [0.25, 0.3) is 11.1 Å². The number of thiazole rings is 1. The van der Waals surface area contributed by atoms with Gasteiger partial charge in [0.15, 0.2) is 0 Å². The Morgan fingerprint density at radius 3 is 2.19 bits per heavy atom. The number of alkyl carbamates (subject to hydrolysis) is 1. The fourth-order valence-electron chi connectivity index (χ4n) is 5.07. The van der Waals surface area contributed by atoms with Crippen LogP contribution < -0.4 is 10.6 Å².